The summed E-state index contributed by atoms with van der Waals surface area (Å²) < 4.78 is 11.2. The summed E-state index contributed by atoms with van der Waals surface area (Å²) in [6, 6.07) is 9.50. The number of aliphatic carboxylic acids is 1. The van der Waals surface area contributed by atoms with Crippen molar-refractivity contribution in [1.82, 2.24) is 4.90 Å². The minimum Gasteiger partial charge on any atom is -0.486 e. The van der Waals surface area contributed by atoms with Crippen LogP contribution in [0.1, 0.15) is 23.0 Å². The van der Waals surface area contributed by atoms with Crippen molar-refractivity contribution in [3.8, 4) is 21.9 Å². The number of amides is 1. The Morgan fingerprint density at radius 3 is 2.67 bits per heavy atom. The number of hydrogen-bond donors (Lipinski definition) is 1. The number of hydrogen-bond acceptors (Lipinski definition) is 5. The fraction of sp³-hybridized carbons (Fsp3) is 0.400. The number of benzene rings is 1. The maximum absolute atomic E-state index is 12.9. The minimum atomic E-state index is -0.831. The molecule has 27 heavy (non-hydrogen) atoms. The van der Waals surface area contributed by atoms with Crippen LogP contribution in [0.5, 0.6) is 11.5 Å². The number of nitrogens with zero attached hydrogens (tertiary/aromatic N) is 1. The van der Waals surface area contributed by atoms with Gasteiger partial charge < -0.3 is 19.5 Å². The Morgan fingerprint density at radius 1 is 1.11 bits per heavy atom. The molecular weight excluding hydrogens is 366 g/mol. The molecule has 1 aromatic carbocycles. The van der Waals surface area contributed by atoms with Crippen LogP contribution in [0.4, 0.5) is 0 Å². The smallest absolute Gasteiger partial charge is 0.308 e. The van der Waals surface area contributed by atoms with E-state index in [1.165, 1.54) is 11.3 Å². The van der Waals surface area contributed by atoms with E-state index in [1.807, 2.05) is 37.3 Å². The number of carbonyl (C=O) groups excluding carboxylic acids is 1. The van der Waals surface area contributed by atoms with Crippen molar-refractivity contribution in [2.45, 2.75) is 13.3 Å². The predicted molar refractivity (Wildman–Crippen MR) is 102 cm³/mol. The van der Waals surface area contributed by atoms with Crippen LogP contribution in [-0.4, -0.2) is 48.2 Å². The van der Waals surface area contributed by atoms with E-state index in [2.05, 4.69) is 0 Å². The number of ether oxygens (including phenoxy) is 2. The standard InChI is InChI=1S/C20H21NO5S/c1-12-8-14(20(23)24)11-21(10-12)19(22)18-5-4-17(27-18)13-2-3-15-16(9-13)26-7-6-25-15/h2-5,9,12,14H,6-8,10-11H2,1H3,(H,23,24). The van der Waals surface area contributed by atoms with Crippen LogP contribution in [0.3, 0.4) is 0 Å². The quantitative estimate of drug-likeness (QED) is 0.874. The summed E-state index contributed by atoms with van der Waals surface area (Å²) in [7, 11) is 0. The van der Waals surface area contributed by atoms with E-state index in [0.29, 0.717) is 36.8 Å². The molecule has 1 amide bonds. The first-order valence-corrected chi connectivity index (χ1v) is 9.85. The molecular formula is C20H21NO5S. The molecule has 0 saturated carbocycles. The van der Waals surface area contributed by atoms with E-state index < -0.39 is 11.9 Å². The third-order valence-corrected chi connectivity index (χ3v) is 6.06. The van der Waals surface area contributed by atoms with Crippen LogP contribution in [0, 0.1) is 11.8 Å². The highest BCUT2D eigenvalue weighted by Gasteiger charge is 2.32. The second-order valence-corrected chi connectivity index (χ2v) is 8.19. The zero-order valence-corrected chi connectivity index (χ0v) is 15.8. The lowest BCUT2D eigenvalue weighted by Gasteiger charge is -2.34. The molecule has 0 aliphatic carbocycles. The van der Waals surface area contributed by atoms with Crippen molar-refractivity contribution in [2.75, 3.05) is 26.3 Å². The first-order chi connectivity index (χ1) is 13.0. The van der Waals surface area contributed by atoms with Gasteiger partial charge in [-0.1, -0.05) is 6.92 Å². The summed E-state index contributed by atoms with van der Waals surface area (Å²) in [6.45, 7) is 3.94. The largest absolute Gasteiger partial charge is 0.486 e. The molecule has 0 spiro atoms. The molecule has 2 atom stereocenters. The molecule has 0 radical (unpaired) electrons. The van der Waals surface area contributed by atoms with Gasteiger partial charge in [-0.15, -0.1) is 11.3 Å². The average Bonchev–Trinajstić information content (AvgIpc) is 3.16. The lowest BCUT2D eigenvalue weighted by atomic mass is 9.90. The van der Waals surface area contributed by atoms with Gasteiger partial charge in [0.05, 0.1) is 10.8 Å². The van der Waals surface area contributed by atoms with Crippen molar-refractivity contribution in [3.63, 3.8) is 0 Å². The van der Waals surface area contributed by atoms with Crippen LogP contribution in [0.25, 0.3) is 10.4 Å². The van der Waals surface area contributed by atoms with Crippen molar-refractivity contribution in [1.29, 1.82) is 0 Å². The van der Waals surface area contributed by atoms with Crippen molar-refractivity contribution in [3.05, 3.63) is 35.2 Å². The summed E-state index contributed by atoms with van der Waals surface area (Å²) in [4.78, 5) is 27.5. The van der Waals surface area contributed by atoms with Gasteiger partial charge in [0.1, 0.15) is 13.2 Å². The third-order valence-electron chi connectivity index (χ3n) is 4.94. The van der Waals surface area contributed by atoms with Crippen LogP contribution in [0.2, 0.25) is 0 Å². The van der Waals surface area contributed by atoms with Gasteiger partial charge in [-0.05, 0) is 48.2 Å². The molecule has 4 rings (SSSR count). The van der Waals surface area contributed by atoms with Gasteiger partial charge in [0.2, 0.25) is 0 Å². The Balaban J connectivity index is 1.53. The number of carbonyl (C=O) groups is 2. The van der Waals surface area contributed by atoms with Crippen molar-refractivity contribution < 1.29 is 24.2 Å². The number of rotatable bonds is 3. The maximum atomic E-state index is 12.9. The van der Waals surface area contributed by atoms with E-state index in [4.69, 9.17) is 9.47 Å². The average molecular weight is 387 g/mol. The summed E-state index contributed by atoms with van der Waals surface area (Å²) in [5.41, 5.74) is 0.971. The molecule has 6 nitrogen and oxygen atoms in total. The third kappa shape index (κ3) is 3.64. The molecule has 2 aliphatic heterocycles. The SMILES string of the molecule is CC1CC(C(=O)O)CN(C(=O)c2ccc(-c3ccc4c(c3)OCCO4)s2)C1. The molecule has 142 valence electrons. The van der Waals surface area contributed by atoms with E-state index in [0.717, 1.165) is 16.2 Å². The predicted octanol–water partition coefficient (Wildman–Crippen LogP) is 3.37. The number of thiophene rings is 1. The van der Waals surface area contributed by atoms with Gasteiger partial charge in [-0.25, -0.2) is 0 Å². The molecule has 2 aromatic rings. The normalized spacial score (nSPS) is 21.7. The Morgan fingerprint density at radius 2 is 1.89 bits per heavy atom. The Bertz CT molecular complexity index is 877. The fourth-order valence-corrected chi connectivity index (χ4v) is 4.63. The van der Waals surface area contributed by atoms with E-state index in [1.54, 1.807) is 4.90 Å². The van der Waals surface area contributed by atoms with Gasteiger partial charge in [-0.3, -0.25) is 9.59 Å². The second kappa shape index (κ2) is 7.23. The van der Waals surface area contributed by atoms with E-state index in [-0.39, 0.29) is 18.4 Å². The first kappa shape index (κ1) is 17.9. The minimum absolute atomic E-state index is 0.0957. The van der Waals surface area contributed by atoms with Crippen molar-refractivity contribution >= 4 is 23.2 Å². The Hall–Kier alpha value is -2.54. The van der Waals surface area contributed by atoms with E-state index in [9.17, 15) is 14.7 Å². The van der Waals surface area contributed by atoms with Crippen LogP contribution < -0.4 is 9.47 Å². The van der Waals surface area contributed by atoms with Gasteiger partial charge in [-0.2, -0.15) is 0 Å². The molecule has 3 heterocycles. The lowest BCUT2D eigenvalue weighted by Crippen LogP contribution is -2.45. The number of piperidine rings is 1. The molecule has 0 bridgehead atoms. The van der Waals surface area contributed by atoms with Crippen LogP contribution in [0.15, 0.2) is 30.3 Å². The lowest BCUT2D eigenvalue weighted by molar-refractivity contribution is -0.143. The summed E-state index contributed by atoms with van der Waals surface area (Å²) in [6.07, 6.45) is 0.617. The monoisotopic (exact) mass is 387 g/mol. The number of likely N-dealkylation sites (tertiary alicyclic amines) is 1. The number of carboxylic acids is 1. The van der Waals surface area contributed by atoms with Gasteiger partial charge in [0.25, 0.3) is 5.91 Å². The molecule has 2 aliphatic rings. The Kier molecular flexibility index (Phi) is 4.78. The second-order valence-electron chi connectivity index (χ2n) is 7.11. The van der Waals surface area contributed by atoms with Crippen molar-refractivity contribution in [2.24, 2.45) is 11.8 Å². The maximum Gasteiger partial charge on any atom is 0.308 e. The molecule has 1 saturated heterocycles. The number of carboxylic acid groups (broad SMARTS) is 1. The van der Waals surface area contributed by atoms with Gasteiger partial charge in [0, 0.05) is 18.0 Å². The highest BCUT2D eigenvalue weighted by Crippen LogP contribution is 2.37. The van der Waals surface area contributed by atoms with Crippen LogP contribution >= 0.6 is 11.3 Å². The molecule has 1 N–H and O–H groups in total. The zero-order chi connectivity index (χ0) is 19.0. The molecule has 2 unspecified atom stereocenters. The zero-order valence-electron chi connectivity index (χ0n) is 15.0. The van der Waals surface area contributed by atoms with Crippen LogP contribution in [-0.2, 0) is 4.79 Å². The molecule has 1 fully saturated rings. The summed E-state index contributed by atoms with van der Waals surface area (Å²) in [5, 5.41) is 9.32. The van der Waals surface area contributed by atoms with E-state index >= 15 is 0 Å². The molecule has 7 heteroatoms. The topological polar surface area (TPSA) is 76.1 Å². The van der Waals surface area contributed by atoms with Gasteiger partial charge in [0.15, 0.2) is 11.5 Å². The number of fused-ring (bicyclic) bond motifs is 1. The highest BCUT2D eigenvalue weighted by atomic mass is 32.1. The first-order valence-electron chi connectivity index (χ1n) is 9.03. The fourth-order valence-electron chi connectivity index (χ4n) is 3.66. The highest BCUT2D eigenvalue weighted by molar-refractivity contribution is 7.17. The molecule has 1 aromatic heterocycles. The summed E-state index contributed by atoms with van der Waals surface area (Å²) >= 11 is 1.41. The van der Waals surface area contributed by atoms with Gasteiger partial charge >= 0.3 is 5.97 Å². The Labute approximate surface area is 161 Å². The summed E-state index contributed by atoms with van der Waals surface area (Å²) in [5.74, 6) is 0.217.